The van der Waals surface area contributed by atoms with Crippen LogP contribution in [0.4, 0.5) is 5.13 Å². The summed E-state index contributed by atoms with van der Waals surface area (Å²) in [6.07, 6.45) is 0. The second kappa shape index (κ2) is 7.99. The minimum atomic E-state index is -0.256. The lowest BCUT2D eigenvalue weighted by atomic mass is 10.1. The molecule has 3 aromatic heterocycles. The van der Waals surface area contributed by atoms with E-state index >= 15 is 0 Å². The third kappa shape index (κ3) is 3.92. The fourth-order valence-corrected chi connectivity index (χ4v) is 4.79. The minimum absolute atomic E-state index is 0.256. The number of carbonyl (C=O) groups excluding carboxylic acids is 1. The maximum absolute atomic E-state index is 12.5. The van der Waals surface area contributed by atoms with Gasteiger partial charge < -0.3 is 4.74 Å². The molecule has 0 unspecified atom stereocenters. The first kappa shape index (κ1) is 17.8. The number of hydrogen-bond donors (Lipinski definition) is 1. The van der Waals surface area contributed by atoms with Gasteiger partial charge in [-0.05, 0) is 30.5 Å². The number of para-hydroxylation sites is 1. The van der Waals surface area contributed by atoms with Gasteiger partial charge in [-0.1, -0.05) is 18.2 Å². The SMILES string of the molecule is CCOc1ccccc1-c1csc(NC(=O)c2csc(-c3cccs3)n2)n1. The summed E-state index contributed by atoms with van der Waals surface area (Å²) in [5, 5.41) is 9.88. The molecule has 4 aromatic rings. The summed E-state index contributed by atoms with van der Waals surface area (Å²) in [5.74, 6) is 0.524. The van der Waals surface area contributed by atoms with Crippen molar-refractivity contribution in [3.8, 4) is 26.9 Å². The second-order valence-electron chi connectivity index (χ2n) is 5.44. The Morgan fingerprint density at radius 1 is 1.07 bits per heavy atom. The van der Waals surface area contributed by atoms with Crippen LogP contribution in [-0.4, -0.2) is 22.5 Å². The van der Waals surface area contributed by atoms with Crippen LogP contribution in [0.2, 0.25) is 0 Å². The predicted molar refractivity (Wildman–Crippen MR) is 112 cm³/mol. The number of rotatable bonds is 6. The molecule has 0 fully saturated rings. The van der Waals surface area contributed by atoms with Gasteiger partial charge in [-0.15, -0.1) is 34.0 Å². The Hall–Kier alpha value is -2.55. The van der Waals surface area contributed by atoms with Gasteiger partial charge in [0.15, 0.2) is 5.13 Å². The van der Waals surface area contributed by atoms with Crippen molar-refractivity contribution in [1.82, 2.24) is 9.97 Å². The molecule has 1 N–H and O–H groups in total. The summed E-state index contributed by atoms with van der Waals surface area (Å²) >= 11 is 4.44. The Morgan fingerprint density at radius 3 is 2.78 bits per heavy atom. The number of hydrogen-bond acceptors (Lipinski definition) is 7. The molecule has 0 bridgehead atoms. The van der Waals surface area contributed by atoms with E-state index in [1.165, 1.54) is 22.7 Å². The quantitative estimate of drug-likeness (QED) is 0.444. The number of amides is 1. The predicted octanol–water partition coefficient (Wildman–Crippen LogP) is 5.65. The van der Waals surface area contributed by atoms with E-state index in [1.807, 2.05) is 54.1 Å². The van der Waals surface area contributed by atoms with Crippen LogP contribution in [0.15, 0.2) is 52.5 Å². The summed E-state index contributed by atoms with van der Waals surface area (Å²) in [7, 11) is 0. The first-order valence-corrected chi connectivity index (χ1v) is 10.9. The molecular weight excluding hydrogens is 398 g/mol. The fourth-order valence-electron chi connectivity index (χ4n) is 2.47. The highest BCUT2D eigenvalue weighted by atomic mass is 32.1. The summed E-state index contributed by atoms with van der Waals surface area (Å²) in [5.41, 5.74) is 2.08. The zero-order valence-electron chi connectivity index (χ0n) is 14.3. The van der Waals surface area contributed by atoms with Crippen molar-refractivity contribution in [2.45, 2.75) is 6.92 Å². The maximum atomic E-state index is 12.5. The fraction of sp³-hybridized carbons (Fsp3) is 0.105. The zero-order chi connectivity index (χ0) is 18.6. The molecule has 5 nitrogen and oxygen atoms in total. The van der Waals surface area contributed by atoms with Crippen molar-refractivity contribution < 1.29 is 9.53 Å². The van der Waals surface area contributed by atoms with Crippen LogP contribution >= 0.6 is 34.0 Å². The Kier molecular flexibility index (Phi) is 5.28. The van der Waals surface area contributed by atoms with E-state index in [4.69, 9.17) is 4.74 Å². The first-order valence-electron chi connectivity index (χ1n) is 8.23. The van der Waals surface area contributed by atoms with Gasteiger partial charge in [0.2, 0.25) is 0 Å². The third-order valence-corrected chi connectivity index (χ3v) is 6.30. The van der Waals surface area contributed by atoms with Gasteiger partial charge in [-0.2, -0.15) is 0 Å². The monoisotopic (exact) mass is 413 g/mol. The highest BCUT2D eigenvalue weighted by Gasteiger charge is 2.15. The number of thiazole rings is 2. The summed E-state index contributed by atoms with van der Waals surface area (Å²) in [6.45, 7) is 2.53. The number of nitrogens with one attached hydrogen (secondary N) is 1. The van der Waals surface area contributed by atoms with E-state index in [-0.39, 0.29) is 5.91 Å². The maximum Gasteiger partial charge on any atom is 0.276 e. The van der Waals surface area contributed by atoms with Crippen molar-refractivity contribution in [3.63, 3.8) is 0 Å². The normalized spacial score (nSPS) is 10.7. The molecule has 3 heterocycles. The van der Waals surface area contributed by atoms with Crippen molar-refractivity contribution >= 4 is 45.0 Å². The molecule has 8 heteroatoms. The Balaban J connectivity index is 1.51. The average Bonchev–Trinajstić information content (AvgIpc) is 3.43. The molecule has 0 aliphatic rings. The topological polar surface area (TPSA) is 64.1 Å². The molecule has 1 aromatic carbocycles. The molecule has 0 radical (unpaired) electrons. The molecule has 0 aliphatic carbocycles. The molecule has 0 spiro atoms. The number of nitrogens with zero attached hydrogens (tertiary/aromatic N) is 2. The highest BCUT2D eigenvalue weighted by molar-refractivity contribution is 7.20. The van der Waals surface area contributed by atoms with Crippen LogP contribution in [0.1, 0.15) is 17.4 Å². The van der Waals surface area contributed by atoms with Crippen molar-refractivity contribution in [3.05, 3.63) is 58.2 Å². The highest BCUT2D eigenvalue weighted by Crippen LogP contribution is 2.32. The molecule has 0 saturated carbocycles. The Labute approximate surface area is 168 Å². The molecule has 27 heavy (non-hydrogen) atoms. The van der Waals surface area contributed by atoms with Crippen molar-refractivity contribution in [2.24, 2.45) is 0 Å². The molecule has 0 saturated heterocycles. The van der Waals surface area contributed by atoms with Gasteiger partial charge in [-0.3, -0.25) is 10.1 Å². The van der Waals surface area contributed by atoms with Crippen molar-refractivity contribution in [2.75, 3.05) is 11.9 Å². The van der Waals surface area contributed by atoms with Gasteiger partial charge in [0.25, 0.3) is 5.91 Å². The van der Waals surface area contributed by atoms with Gasteiger partial charge in [0, 0.05) is 16.3 Å². The van der Waals surface area contributed by atoms with Gasteiger partial charge >= 0.3 is 0 Å². The molecular formula is C19H15N3O2S3. The lowest BCUT2D eigenvalue weighted by molar-refractivity contribution is 0.102. The lowest BCUT2D eigenvalue weighted by Gasteiger charge is -2.07. The van der Waals surface area contributed by atoms with Crippen LogP contribution in [-0.2, 0) is 0 Å². The number of anilines is 1. The number of benzene rings is 1. The Bertz CT molecular complexity index is 1050. The average molecular weight is 414 g/mol. The van der Waals surface area contributed by atoms with E-state index < -0.39 is 0 Å². The van der Waals surface area contributed by atoms with Gasteiger partial charge in [0.05, 0.1) is 17.2 Å². The van der Waals surface area contributed by atoms with E-state index in [1.54, 1.807) is 16.7 Å². The van der Waals surface area contributed by atoms with E-state index in [0.717, 1.165) is 26.9 Å². The first-order chi connectivity index (χ1) is 13.2. The van der Waals surface area contributed by atoms with E-state index in [2.05, 4.69) is 15.3 Å². The molecule has 1 amide bonds. The lowest BCUT2D eigenvalue weighted by Crippen LogP contribution is -2.12. The van der Waals surface area contributed by atoms with Crippen LogP contribution in [0.25, 0.3) is 21.1 Å². The van der Waals surface area contributed by atoms with E-state index in [9.17, 15) is 4.79 Å². The van der Waals surface area contributed by atoms with Gasteiger partial charge in [0.1, 0.15) is 16.5 Å². The summed E-state index contributed by atoms with van der Waals surface area (Å²) < 4.78 is 5.66. The zero-order valence-corrected chi connectivity index (χ0v) is 16.8. The second-order valence-corrected chi connectivity index (χ2v) is 8.10. The van der Waals surface area contributed by atoms with E-state index in [0.29, 0.717) is 17.4 Å². The standard InChI is InChI=1S/C19H15N3O2S3/c1-2-24-15-7-4-3-6-12(15)13-10-27-19(21-13)22-17(23)14-11-26-18(20-14)16-8-5-9-25-16/h3-11H,2H2,1H3,(H,21,22,23). The largest absolute Gasteiger partial charge is 0.493 e. The van der Waals surface area contributed by atoms with Crippen LogP contribution in [0.3, 0.4) is 0 Å². The number of carbonyl (C=O) groups is 1. The Morgan fingerprint density at radius 2 is 1.96 bits per heavy atom. The summed E-state index contributed by atoms with van der Waals surface area (Å²) in [6, 6.07) is 11.7. The minimum Gasteiger partial charge on any atom is -0.493 e. The van der Waals surface area contributed by atoms with Crippen LogP contribution in [0, 0.1) is 0 Å². The van der Waals surface area contributed by atoms with Crippen molar-refractivity contribution in [1.29, 1.82) is 0 Å². The summed E-state index contributed by atoms with van der Waals surface area (Å²) in [4.78, 5) is 22.5. The van der Waals surface area contributed by atoms with Crippen LogP contribution in [0.5, 0.6) is 5.75 Å². The molecule has 136 valence electrons. The number of thiophene rings is 1. The molecule has 4 rings (SSSR count). The van der Waals surface area contributed by atoms with Gasteiger partial charge in [-0.25, -0.2) is 9.97 Å². The van der Waals surface area contributed by atoms with Crippen LogP contribution < -0.4 is 10.1 Å². The number of ether oxygens (including phenoxy) is 1. The molecule has 0 atom stereocenters. The third-order valence-electron chi connectivity index (χ3n) is 3.66. The molecule has 0 aliphatic heterocycles. The number of aromatic nitrogens is 2. The smallest absolute Gasteiger partial charge is 0.276 e.